The van der Waals surface area contributed by atoms with Gasteiger partial charge in [-0.3, -0.25) is 9.59 Å². The molecule has 0 heterocycles. The van der Waals surface area contributed by atoms with Gasteiger partial charge in [0.2, 0.25) is 0 Å². The van der Waals surface area contributed by atoms with Gasteiger partial charge >= 0.3 is 11.9 Å². The van der Waals surface area contributed by atoms with Crippen LogP contribution in [0, 0.1) is 0 Å². The molecule has 0 aromatic carbocycles. The van der Waals surface area contributed by atoms with Crippen molar-refractivity contribution in [2.24, 2.45) is 0 Å². The number of carbonyl (C=O) groups excluding carboxylic acids is 2. The molecular formula is C45H89NO5. The molecular weight excluding hydrogens is 634 g/mol. The lowest BCUT2D eigenvalue weighted by Gasteiger charge is -2.21. The zero-order valence-electron chi connectivity index (χ0n) is 33.7. The first kappa shape index (κ1) is 51.7. The van der Waals surface area contributed by atoms with Crippen molar-refractivity contribution >= 4 is 11.9 Å². The number of ether oxygens (including phenoxy) is 2. The molecule has 6 nitrogen and oxygen atoms in total. The van der Waals surface area contributed by atoms with E-state index in [0.717, 1.165) is 96.7 Å². The lowest BCUT2D eigenvalue weighted by molar-refractivity contribution is -0.150. The normalized spacial score (nSPS) is 11.5. The molecule has 0 atom stereocenters. The van der Waals surface area contributed by atoms with Crippen LogP contribution >= 0.6 is 0 Å². The molecule has 0 saturated heterocycles. The fourth-order valence-electron chi connectivity index (χ4n) is 6.65. The molecule has 0 saturated carbocycles. The molecule has 304 valence electrons. The Hall–Kier alpha value is -1.40. The van der Waals surface area contributed by atoms with Crippen molar-refractivity contribution in [1.82, 2.24) is 4.90 Å². The molecule has 1 N–H and O–H groups in total. The summed E-state index contributed by atoms with van der Waals surface area (Å²) in [4.78, 5) is 27.0. The van der Waals surface area contributed by atoms with Crippen LogP contribution in [0.3, 0.4) is 0 Å². The zero-order valence-corrected chi connectivity index (χ0v) is 33.7. The Morgan fingerprint density at radius 3 is 1.47 bits per heavy atom. The molecule has 0 spiro atoms. The molecule has 0 rings (SSSR count). The van der Waals surface area contributed by atoms with E-state index in [-0.39, 0.29) is 32.1 Å². The van der Waals surface area contributed by atoms with Crippen LogP contribution in [0.2, 0.25) is 0 Å². The van der Waals surface area contributed by atoms with Gasteiger partial charge in [0.25, 0.3) is 0 Å². The molecule has 0 aromatic rings. The third-order valence-corrected chi connectivity index (χ3v) is 9.92. The summed E-state index contributed by atoms with van der Waals surface area (Å²) in [6, 6.07) is 0. The van der Waals surface area contributed by atoms with E-state index in [4.69, 9.17) is 9.47 Å². The van der Waals surface area contributed by atoms with Crippen LogP contribution in [-0.2, 0) is 19.1 Å². The number of unbranched alkanes of at least 4 members (excludes halogenated alkanes) is 22. The van der Waals surface area contributed by atoms with Gasteiger partial charge in [0.05, 0.1) is 6.61 Å². The Bertz CT molecular complexity index is 726. The second kappa shape index (κ2) is 43.0. The molecule has 0 unspecified atom stereocenters. The number of hydrogen-bond acceptors (Lipinski definition) is 6. The summed E-state index contributed by atoms with van der Waals surface area (Å²) in [7, 11) is 0. The number of nitrogens with zero attached hydrogens (tertiary/aromatic N) is 1. The van der Waals surface area contributed by atoms with Crippen LogP contribution in [0.1, 0.15) is 227 Å². The maximum atomic E-state index is 12.7. The summed E-state index contributed by atoms with van der Waals surface area (Å²) in [5.74, 6) is -0.0711. The summed E-state index contributed by atoms with van der Waals surface area (Å²) in [5, 5.41) is 9.53. The Kier molecular flexibility index (Phi) is 43.6. The van der Waals surface area contributed by atoms with E-state index in [1.54, 1.807) is 0 Å². The van der Waals surface area contributed by atoms with Crippen LogP contribution in [-0.4, -0.2) is 60.9 Å². The molecule has 0 aliphatic carbocycles. The highest BCUT2D eigenvalue weighted by Gasteiger charge is 2.14. The summed E-state index contributed by atoms with van der Waals surface area (Å²) in [5.41, 5.74) is 0. The van der Waals surface area contributed by atoms with Crippen LogP contribution in [0.4, 0.5) is 0 Å². The highest BCUT2D eigenvalue weighted by atomic mass is 16.5. The minimum atomic E-state index is -0.0825. The number of esters is 2. The summed E-state index contributed by atoms with van der Waals surface area (Å²) in [6.45, 7) is 10.1. The average molecular weight is 724 g/mol. The van der Waals surface area contributed by atoms with Crippen LogP contribution in [0.25, 0.3) is 0 Å². The van der Waals surface area contributed by atoms with Crippen molar-refractivity contribution in [3.05, 3.63) is 12.2 Å². The van der Waals surface area contributed by atoms with Crippen molar-refractivity contribution in [3.63, 3.8) is 0 Å². The number of allylic oxidation sites excluding steroid dienone is 1. The molecule has 0 fully saturated rings. The van der Waals surface area contributed by atoms with Crippen LogP contribution in [0.15, 0.2) is 12.2 Å². The SMILES string of the molecule is C.CCCCCC/C=C\COC(=O)CCCCCCCN(CCO)CCCCCCCC(=O)OC(CCCCCCCC)CCCCCCCC. The topological polar surface area (TPSA) is 76.1 Å². The Morgan fingerprint density at radius 2 is 0.961 bits per heavy atom. The average Bonchev–Trinajstić information content (AvgIpc) is 3.11. The smallest absolute Gasteiger partial charge is 0.306 e. The van der Waals surface area contributed by atoms with Gasteiger partial charge in [-0.1, -0.05) is 162 Å². The van der Waals surface area contributed by atoms with E-state index < -0.39 is 0 Å². The van der Waals surface area contributed by atoms with Gasteiger partial charge in [-0.25, -0.2) is 0 Å². The van der Waals surface area contributed by atoms with Crippen LogP contribution in [0.5, 0.6) is 0 Å². The van der Waals surface area contributed by atoms with E-state index >= 15 is 0 Å². The van der Waals surface area contributed by atoms with E-state index in [1.165, 1.54) is 109 Å². The van der Waals surface area contributed by atoms with Gasteiger partial charge in [0, 0.05) is 19.4 Å². The van der Waals surface area contributed by atoms with Gasteiger partial charge in [-0.15, -0.1) is 0 Å². The highest BCUT2D eigenvalue weighted by molar-refractivity contribution is 5.69. The molecule has 0 amide bonds. The Balaban J connectivity index is 0. The van der Waals surface area contributed by atoms with Crippen molar-refractivity contribution in [3.8, 4) is 0 Å². The highest BCUT2D eigenvalue weighted by Crippen LogP contribution is 2.18. The first-order valence-corrected chi connectivity index (χ1v) is 21.9. The first-order valence-electron chi connectivity index (χ1n) is 21.9. The predicted octanol–water partition coefficient (Wildman–Crippen LogP) is 13.1. The third kappa shape index (κ3) is 39.6. The molecule has 0 bridgehead atoms. The Labute approximate surface area is 318 Å². The first-order chi connectivity index (χ1) is 24.6. The van der Waals surface area contributed by atoms with E-state index in [0.29, 0.717) is 19.4 Å². The minimum absolute atomic E-state index is 0. The van der Waals surface area contributed by atoms with Crippen molar-refractivity contribution in [1.29, 1.82) is 0 Å². The molecule has 0 aliphatic rings. The monoisotopic (exact) mass is 724 g/mol. The fraction of sp³-hybridized carbons (Fsp3) is 0.911. The van der Waals surface area contributed by atoms with Gasteiger partial charge in [0.15, 0.2) is 0 Å². The van der Waals surface area contributed by atoms with Gasteiger partial charge < -0.3 is 19.5 Å². The third-order valence-electron chi connectivity index (χ3n) is 9.92. The summed E-state index contributed by atoms with van der Waals surface area (Å²) in [6.07, 6.45) is 39.7. The molecule has 51 heavy (non-hydrogen) atoms. The standard InChI is InChI=1S/C44H85NO5.CH4/c1-4-7-10-13-16-25-32-41-49-43(47)35-28-21-17-23-30-37-45(39-40-46)38-31-24-18-22-29-36-44(48)50-42(33-26-19-14-11-8-5-2)34-27-20-15-12-9-6-3;/h25,32,42,46H,4-24,26-31,33-41H2,1-3H3;1H4/b32-25-;. The maximum Gasteiger partial charge on any atom is 0.306 e. The van der Waals surface area contributed by atoms with Gasteiger partial charge in [-0.2, -0.15) is 0 Å². The Morgan fingerprint density at radius 1 is 0.529 bits per heavy atom. The van der Waals surface area contributed by atoms with E-state index in [9.17, 15) is 14.7 Å². The number of carbonyl (C=O) groups is 2. The van der Waals surface area contributed by atoms with Crippen molar-refractivity contribution in [2.45, 2.75) is 233 Å². The molecule has 6 heteroatoms. The van der Waals surface area contributed by atoms with E-state index in [2.05, 4.69) is 31.7 Å². The molecule has 0 radical (unpaired) electrons. The molecule has 0 aliphatic heterocycles. The van der Waals surface area contributed by atoms with Crippen LogP contribution < -0.4 is 0 Å². The largest absolute Gasteiger partial charge is 0.462 e. The maximum absolute atomic E-state index is 12.7. The number of aliphatic hydroxyl groups excluding tert-OH is 1. The quantitative estimate of drug-likeness (QED) is 0.0385. The second-order valence-corrected chi connectivity index (χ2v) is 14.8. The van der Waals surface area contributed by atoms with Crippen molar-refractivity contribution in [2.75, 3.05) is 32.8 Å². The zero-order chi connectivity index (χ0) is 36.6. The lowest BCUT2D eigenvalue weighted by atomic mass is 10.0. The van der Waals surface area contributed by atoms with Gasteiger partial charge in [-0.05, 0) is 77.3 Å². The number of rotatable bonds is 40. The number of hydrogen-bond donors (Lipinski definition) is 1. The lowest BCUT2D eigenvalue weighted by Crippen LogP contribution is -2.29. The van der Waals surface area contributed by atoms with E-state index in [1.807, 2.05) is 6.08 Å². The molecule has 0 aromatic heterocycles. The second-order valence-electron chi connectivity index (χ2n) is 14.8. The predicted molar refractivity (Wildman–Crippen MR) is 220 cm³/mol. The number of aliphatic hydroxyl groups is 1. The summed E-state index contributed by atoms with van der Waals surface area (Å²) < 4.78 is 11.3. The minimum Gasteiger partial charge on any atom is -0.462 e. The summed E-state index contributed by atoms with van der Waals surface area (Å²) >= 11 is 0. The van der Waals surface area contributed by atoms with Gasteiger partial charge in [0.1, 0.15) is 12.7 Å². The fourth-order valence-corrected chi connectivity index (χ4v) is 6.65. The van der Waals surface area contributed by atoms with Crippen molar-refractivity contribution < 1.29 is 24.2 Å².